The molecule has 3 N–H and O–H groups in total. The van der Waals surface area contributed by atoms with Crippen LogP contribution in [0, 0.1) is 11.3 Å². The van der Waals surface area contributed by atoms with Gasteiger partial charge < -0.3 is 11.1 Å². The minimum absolute atomic E-state index is 0.185. The summed E-state index contributed by atoms with van der Waals surface area (Å²) >= 11 is 0. The van der Waals surface area contributed by atoms with E-state index in [4.69, 9.17) is 5.73 Å². The number of hydrogen-bond acceptors (Lipinski definition) is 2. The molecule has 0 spiro atoms. The molecule has 19 heavy (non-hydrogen) atoms. The van der Waals surface area contributed by atoms with Crippen molar-refractivity contribution in [1.29, 1.82) is 0 Å². The number of nitrogens with two attached hydrogens (primary N) is 1. The summed E-state index contributed by atoms with van der Waals surface area (Å²) in [5.41, 5.74) is 5.78. The lowest BCUT2D eigenvalue weighted by Crippen LogP contribution is -2.35. The molecule has 0 aromatic heterocycles. The Bertz CT molecular complexity index is 276. The van der Waals surface area contributed by atoms with Crippen molar-refractivity contribution in [3.63, 3.8) is 0 Å². The Labute approximate surface area is 118 Å². The van der Waals surface area contributed by atoms with E-state index >= 15 is 0 Å². The summed E-state index contributed by atoms with van der Waals surface area (Å²) < 4.78 is 0. The van der Waals surface area contributed by atoms with Crippen molar-refractivity contribution in [2.75, 3.05) is 6.54 Å². The lowest BCUT2D eigenvalue weighted by molar-refractivity contribution is -0.122. The molecule has 0 aromatic carbocycles. The van der Waals surface area contributed by atoms with E-state index in [1.165, 1.54) is 19.3 Å². The van der Waals surface area contributed by atoms with Crippen molar-refractivity contribution >= 4 is 5.91 Å². The largest absolute Gasteiger partial charge is 0.353 e. The monoisotopic (exact) mass is 268 g/mol. The SMILES string of the molecule is CC1CCCC(NC(=O)CCC(C)(C)CCN)CC1. The van der Waals surface area contributed by atoms with Crippen LogP contribution >= 0.6 is 0 Å². The molecule has 0 aromatic rings. The third kappa shape index (κ3) is 6.95. The van der Waals surface area contributed by atoms with Gasteiger partial charge >= 0.3 is 0 Å². The fraction of sp³-hybridized carbons (Fsp3) is 0.938. The van der Waals surface area contributed by atoms with E-state index in [9.17, 15) is 4.79 Å². The molecule has 3 nitrogen and oxygen atoms in total. The second kappa shape index (κ2) is 7.88. The van der Waals surface area contributed by atoms with Gasteiger partial charge in [0.2, 0.25) is 5.91 Å². The quantitative estimate of drug-likeness (QED) is 0.727. The summed E-state index contributed by atoms with van der Waals surface area (Å²) in [7, 11) is 0. The number of carbonyl (C=O) groups is 1. The van der Waals surface area contributed by atoms with Crippen LogP contribution in [0.3, 0.4) is 0 Å². The summed E-state index contributed by atoms with van der Waals surface area (Å²) in [6, 6.07) is 0.412. The Morgan fingerprint density at radius 3 is 2.63 bits per heavy atom. The molecule has 1 saturated carbocycles. The highest BCUT2D eigenvalue weighted by molar-refractivity contribution is 5.76. The van der Waals surface area contributed by atoms with Crippen molar-refractivity contribution in [1.82, 2.24) is 5.32 Å². The lowest BCUT2D eigenvalue weighted by Gasteiger charge is -2.24. The smallest absolute Gasteiger partial charge is 0.220 e. The lowest BCUT2D eigenvalue weighted by atomic mass is 9.84. The van der Waals surface area contributed by atoms with Crippen LogP contribution in [0.4, 0.5) is 0 Å². The predicted molar refractivity (Wildman–Crippen MR) is 80.9 cm³/mol. The third-order valence-electron chi connectivity index (χ3n) is 4.47. The van der Waals surface area contributed by atoms with Crippen molar-refractivity contribution in [2.45, 2.75) is 78.2 Å². The minimum atomic E-state index is 0.185. The van der Waals surface area contributed by atoms with Gasteiger partial charge in [-0.25, -0.2) is 0 Å². The summed E-state index contributed by atoms with van der Waals surface area (Å²) in [4.78, 5) is 12.0. The first-order chi connectivity index (χ1) is 8.93. The van der Waals surface area contributed by atoms with Gasteiger partial charge in [0.15, 0.2) is 0 Å². The zero-order valence-electron chi connectivity index (χ0n) is 13.0. The fourth-order valence-electron chi connectivity index (χ4n) is 2.90. The molecular weight excluding hydrogens is 236 g/mol. The average Bonchev–Trinajstić information content (AvgIpc) is 2.52. The van der Waals surface area contributed by atoms with Crippen molar-refractivity contribution in [2.24, 2.45) is 17.1 Å². The Morgan fingerprint density at radius 2 is 1.95 bits per heavy atom. The maximum atomic E-state index is 12.0. The molecule has 1 rings (SSSR count). The van der Waals surface area contributed by atoms with Crippen LogP contribution in [0.2, 0.25) is 0 Å². The van der Waals surface area contributed by atoms with Gasteiger partial charge in [0, 0.05) is 12.5 Å². The van der Waals surface area contributed by atoms with E-state index in [2.05, 4.69) is 26.1 Å². The van der Waals surface area contributed by atoms with E-state index in [1.54, 1.807) is 0 Å². The first-order valence-corrected chi connectivity index (χ1v) is 7.92. The second-order valence-corrected chi connectivity index (χ2v) is 7.08. The second-order valence-electron chi connectivity index (χ2n) is 7.08. The molecule has 0 aliphatic heterocycles. The van der Waals surface area contributed by atoms with Crippen LogP contribution in [-0.2, 0) is 4.79 Å². The van der Waals surface area contributed by atoms with E-state index in [-0.39, 0.29) is 11.3 Å². The zero-order chi connectivity index (χ0) is 14.3. The number of rotatable bonds is 6. The summed E-state index contributed by atoms with van der Waals surface area (Å²) in [6.45, 7) is 7.41. The number of amides is 1. The maximum absolute atomic E-state index is 12.0. The molecule has 1 fully saturated rings. The van der Waals surface area contributed by atoms with E-state index < -0.39 is 0 Å². The first-order valence-electron chi connectivity index (χ1n) is 7.92. The van der Waals surface area contributed by atoms with Gasteiger partial charge in [0.05, 0.1) is 0 Å². The Hall–Kier alpha value is -0.570. The molecule has 0 bridgehead atoms. The number of hydrogen-bond donors (Lipinski definition) is 2. The Balaban J connectivity index is 2.27. The predicted octanol–water partition coefficient (Wildman–Crippen LogP) is 3.23. The zero-order valence-corrected chi connectivity index (χ0v) is 13.0. The van der Waals surface area contributed by atoms with E-state index in [1.807, 2.05) is 0 Å². The molecule has 2 atom stereocenters. The highest BCUT2D eigenvalue weighted by atomic mass is 16.1. The molecule has 1 aliphatic carbocycles. The van der Waals surface area contributed by atoms with Gasteiger partial charge in [0.25, 0.3) is 0 Å². The van der Waals surface area contributed by atoms with Gasteiger partial charge in [-0.1, -0.05) is 33.6 Å². The number of nitrogens with one attached hydrogen (secondary N) is 1. The summed E-state index contributed by atoms with van der Waals surface area (Å²) in [5.74, 6) is 1.05. The van der Waals surface area contributed by atoms with Crippen LogP contribution in [-0.4, -0.2) is 18.5 Å². The summed E-state index contributed by atoms with van der Waals surface area (Å²) in [6.07, 6.45) is 8.69. The standard InChI is InChI=1S/C16H32N2O/c1-13-5-4-6-14(8-7-13)18-15(19)9-10-16(2,3)11-12-17/h13-14H,4-12,17H2,1-3H3,(H,18,19). The number of carbonyl (C=O) groups excluding carboxylic acids is 1. The van der Waals surface area contributed by atoms with Gasteiger partial charge in [-0.05, 0) is 50.0 Å². The van der Waals surface area contributed by atoms with Crippen LogP contribution in [0.15, 0.2) is 0 Å². The summed E-state index contributed by atoms with van der Waals surface area (Å²) in [5, 5.41) is 3.22. The van der Waals surface area contributed by atoms with Gasteiger partial charge in [-0.2, -0.15) is 0 Å². The van der Waals surface area contributed by atoms with E-state index in [0.717, 1.165) is 31.6 Å². The Kier molecular flexibility index (Phi) is 6.84. The molecule has 112 valence electrons. The van der Waals surface area contributed by atoms with Crippen LogP contribution in [0.5, 0.6) is 0 Å². The van der Waals surface area contributed by atoms with Gasteiger partial charge in [0.1, 0.15) is 0 Å². The third-order valence-corrected chi connectivity index (χ3v) is 4.47. The molecule has 0 saturated heterocycles. The van der Waals surface area contributed by atoms with Crippen molar-refractivity contribution in [3.05, 3.63) is 0 Å². The van der Waals surface area contributed by atoms with Crippen LogP contribution in [0.1, 0.15) is 72.1 Å². The minimum Gasteiger partial charge on any atom is -0.353 e. The molecular formula is C16H32N2O. The highest BCUT2D eigenvalue weighted by Gasteiger charge is 2.21. The first kappa shape index (κ1) is 16.5. The molecule has 0 heterocycles. The normalized spacial score (nSPS) is 24.8. The van der Waals surface area contributed by atoms with Crippen LogP contribution < -0.4 is 11.1 Å². The van der Waals surface area contributed by atoms with Crippen molar-refractivity contribution in [3.8, 4) is 0 Å². The highest BCUT2D eigenvalue weighted by Crippen LogP contribution is 2.26. The van der Waals surface area contributed by atoms with Crippen LogP contribution in [0.25, 0.3) is 0 Å². The van der Waals surface area contributed by atoms with Gasteiger partial charge in [-0.3, -0.25) is 4.79 Å². The topological polar surface area (TPSA) is 55.1 Å². The maximum Gasteiger partial charge on any atom is 0.220 e. The van der Waals surface area contributed by atoms with Gasteiger partial charge in [-0.15, -0.1) is 0 Å². The molecule has 3 heteroatoms. The molecule has 1 amide bonds. The molecule has 1 aliphatic rings. The fourth-order valence-corrected chi connectivity index (χ4v) is 2.90. The average molecular weight is 268 g/mol. The molecule has 2 unspecified atom stereocenters. The Morgan fingerprint density at radius 1 is 1.21 bits per heavy atom. The van der Waals surface area contributed by atoms with E-state index in [0.29, 0.717) is 19.0 Å². The molecule has 0 radical (unpaired) electrons. The van der Waals surface area contributed by atoms with Crippen molar-refractivity contribution < 1.29 is 4.79 Å².